The number of cyclic esters (lactones) is 1. The van der Waals surface area contributed by atoms with Gasteiger partial charge in [-0.2, -0.15) is 0 Å². The van der Waals surface area contributed by atoms with Crippen LogP contribution >= 0.6 is 0 Å². The lowest BCUT2D eigenvalue weighted by atomic mass is 9.77. The van der Waals surface area contributed by atoms with Crippen molar-refractivity contribution in [1.29, 1.82) is 0 Å². The van der Waals surface area contributed by atoms with E-state index < -0.39 is 90.5 Å². The molecule has 19 atom stereocenters. The minimum absolute atomic E-state index is 0.124. The van der Waals surface area contributed by atoms with Gasteiger partial charge in [0.15, 0.2) is 12.6 Å². The van der Waals surface area contributed by atoms with Crippen molar-refractivity contribution < 1.29 is 53.6 Å². The number of aliphatic hydroxyl groups excluding tert-OH is 2. The predicted octanol–water partition coefficient (Wildman–Crippen LogP) is 2.15. The van der Waals surface area contributed by atoms with Crippen LogP contribution in [0.3, 0.4) is 0 Å². The Balaban J connectivity index is 1.79. The van der Waals surface area contributed by atoms with E-state index in [1.807, 2.05) is 60.5 Å². The highest BCUT2D eigenvalue weighted by Gasteiger charge is 2.54. The summed E-state index contributed by atoms with van der Waals surface area (Å²) < 4.78 is 38.2. The van der Waals surface area contributed by atoms with Crippen LogP contribution in [0.5, 0.6) is 0 Å². The van der Waals surface area contributed by atoms with Crippen LogP contribution in [0.15, 0.2) is 0 Å². The number of rotatable bonds is 6. The Morgan fingerprint density at radius 2 is 1.57 bits per heavy atom. The van der Waals surface area contributed by atoms with E-state index >= 15 is 0 Å². The van der Waals surface area contributed by atoms with Gasteiger partial charge in [-0.05, 0) is 86.7 Å². The molecule has 4 saturated heterocycles. The van der Waals surface area contributed by atoms with Crippen molar-refractivity contribution in [3.63, 3.8) is 0 Å². The van der Waals surface area contributed by atoms with Crippen molar-refractivity contribution in [2.24, 2.45) is 23.7 Å². The maximum absolute atomic E-state index is 14.1. The zero-order valence-electron chi connectivity index (χ0n) is 31.7. The molecular formula is C36H66N2O11. The van der Waals surface area contributed by atoms with Crippen molar-refractivity contribution in [3.8, 4) is 0 Å². The fourth-order valence-electron chi connectivity index (χ4n) is 8.71. The molecule has 4 aliphatic heterocycles. The minimum Gasteiger partial charge on any atom is -0.459 e. The van der Waals surface area contributed by atoms with Crippen LogP contribution in [-0.4, -0.2) is 136 Å². The molecule has 286 valence electrons. The van der Waals surface area contributed by atoms with Gasteiger partial charge in [0.1, 0.15) is 30.1 Å². The fraction of sp³-hybridized carbons (Fsp3) is 0.972. The van der Waals surface area contributed by atoms with Crippen LogP contribution in [0.25, 0.3) is 0 Å². The van der Waals surface area contributed by atoms with Gasteiger partial charge in [0.2, 0.25) is 0 Å². The van der Waals surface area contributed by atoms with Crippen molar-refractivity contribution in [2.75, 3.05) is 14.1 Å². The van der Waals surface area contributed by atoms with Crippen molar-refractivity contribution in [3.05, 3.63) is 0 Å². The van der Waals surface area contributed by atoms with Crippen LogP contribution in [0.1, 0.15) is 94.9 Å². The number of nitrogens with zero attached hydrogens (tertiary/aromatic N) is 1. The third-order valence-corrected chi connectivity index (χ3v) is 11.6. The van der Waals surface area contributed by atoms with Crippen molar-refractivity contribution in [2.45, 2.75) is 186 Å². The standard InChI is InChI=1S/C36H66N2O11/c1-13-25-36(10,43)31-22(7)37-32(48-31)18(3)16-35(9,42)30(49-34-28(40)24(38(11)12)15-19(4)44-34)20(5)29(21(6)33(41)46-25)47-26-14-17(2)27(39)23(8)45-26/h17-32,34,37,39-40,42-43H,13-16H2,1-12H3/t17-,18+,19+,20-,21+,22+,23-,24-,25+,26-,27+,28+,29-,30+,31+,32?,34-,35?,36+/m0/s1. The monoisotopic (exact) mass is 702 g/mol. The Bertz CT molecular complexity index is 1080. The quantitative estimate of drug-likeness (QED) is 0.256. The number of aliphatic hydroxyl groups is 4. The highest BCUT2D eigenvalue weighted by Crippen LogP contribution is 2.41. The first-order chi connectivity index (χ1) is 22.7. The van der Waals surface area contributed by atoms with Crippen LogP contribution in [0.4, 0.5) is 0 Å². The number of hydrogen-bond acceptors (Lipinski definition) is 13. The lowest BCUT2D eigenvalue weighted by Gasteiger charge is -2.48. The summed E-state index contributed by atoms with van der Waals surface area (Å²) in [5.41, 5.74) is -3.07. The first-order valence-electron chi connectivity index (χ1n) is 18.4. The zero-order chi connectivity index (χ0) is 36.7. The van der Waals surface area contributed by atoms with Crippen molar-refractivity contribution >= 4 is 5.97 Å². The maximum Gasteiger partial charge on any atom is 0.311 e. The summed E-state index contributed by atoms with van der Waals surface area (Å²) in [6, 6.07) is -0.520. The second kappa shape index (κ2) is 16.0. The second-order valence-electron chi connectivity index (χ2n) is 16.4. The lowest BCUT2D eigenvalue weighted by molar-refractivity contribution is -0.310. The molecular weight excluding hydrogens is 636 g/mol. The summed E-state index contributed by atoms with van der Waals surface area (Å²) in [4.78, 5) is 16.0. The predicted molar refractivity (Wildman–Crippen MR) is 181 cm³/mol. The Morgan fingerprint density at radius 1 is 0.918 bits per heavy atom. The summed E-state index contributed by atoms with van der Waals surface area (Å²) in [7, 11) is 3.80. The smallest absolute Gasteiger partial charge is 0.311 e. The minimum atomic E-state index is -1.55. The number of ether oxygens (including phenoxy) is 6. The molecule has 4 fully saturated rings. The Kier molecular flexibility index (Phi) is 13.3. The summed E-state index contributed by atoms with van der Waals surface area (Å²) in [5.74, 6) is -2.55. The first kappa shape index (κ1) is 40.8. The number of likely N-dealkylation sites (N-methyl/N-ethyl adjacent to an activating group) is 1. The number of carbonyl (C=O) groups excluding carboxylic acids is 1. The van der Waals surface area contributed by atoms with E-state index in [9.17, 15) is 25.2 Å². The molecule has 49 heavy (non-hydrogen) atoms. The molecule has 4 heterocycles. The normalized spacial score (nSPS) is 52.1. The average molecular weight is 703 g/mol. The molecule has 0 amide bonds. The van der Waals surface area contributed by atoms with Gasteiger partial charge in [-0.1, -0.05) is 27.7 Å². The number of carbonyl (C=O) groups is 1. The molecule has 5 N–H and O–H groups in total. The average Bonchev–Trinajstić information content (AvgIpc) is 3.42. The molecule has 4 rings (SSSR count). The van der Waals surface area contributed by atoms with E-state index in [1.165, 1.54) is 0 Å². The first-order valence-corrected chi connectivity index (χ1v) is 18.4. The van der Waals surface area contributed by atoms with Crippen molar-refractivity contribution in [1.82, 2.24) is 10.2 Å². The molecule has 2 bridgehead atoms. The van der Waals surface area contributed by atoms with Crippen LogP contribution < -0.4 is 5.32 Å². The molecule has 2 unspecified atom stereocenters. The number of nitrogens with one attached hydrogen (secondary N) is 1. The van der Waals surface area contributed by atoms with E-state index in [1.54, 1.807) is 27.7 Å². The number of esters is 1. The molecule has 0 aliphatic carbocycles. The Morgan fingerprint density at radius 3 is 2.16 bits per heavy atom. The van der Waals surface area contributed by atoms with E-state index in [-0.39, 0.29) is 36.4 Å². The molecule has 0 aromatic carbocycles. The third-order valence-electron chi connectivity index (χ3n) is 11.6. The summed E-state index contributed by atoms with van der Waals surface area (Å²) >= 11 is 0. The van der Waals surface area contributed by atoms with E-state index in [2.05, 4.69) is 5.32 Å². The van der Waals surface area contributed by atoms with E-state index in [0.29, 0.717) is 19.3 Å². The second-order valence-corrected chi connectivity index (χ2v) is 16.4. The van der Waals surface area contributed by atoms with Gasteiger partial charge in [-0.25, -0.2) is 0 Å². The van der Waals surface area contributed by atoms with Crippen LogP contribution in [0.2, 0.25) is 0 Å². The highest BCUT2D eigenvalue weighted by atomic mass is 16.7. The molecule has 0 aromatic rings. The number of hydrogen-bond donors (Lipinski definition) is 5. The largest absolute Gasteiger partial charge is 0.459 e. The number of fused-ring (bicyclic) bond motifs is 2. The maximum atomic E-state index is 14.1. The van der Waals surface area contributed by atoms with Crippen LogP contribution in [0, 0.1) is 23.7 Å². The Labute approximate surface area is 293 Å². The van der Waals surface area contributed by atoms with Gasteiger partial charge in [-0.15, -0.1) is 0 Å². The zero-order valence-corrected chi connectivity index (χ0v) is 31.7. The summed E-state index contributed by atoms with van der Waals surface area (Å²) in [6.07, 6.45) is -6.69. The lowest BCUT2D eigenvalue weighted by Crippen LogP contribution is -2.60. The summed E-state index contributed by atoms with van der Waals surface area (Å²) in [6.45, 7) is 18.3. The molecule has 0 spiro atoms. The highest BCUT2D eigenvalue weighted by molar-refractivity contribution is 5.73. The van der Waals surface area contributed by atoms with Gasteiger partial charge in [0.05, 0.1) is 42.0 Å². The topological polar surface area (TPSA) is 169 Å². The third kappa shape index (κ3) is 8.81. The van der Waals surface area contributed by atoms with E-state index in [0.717, 1.165) is 0 Å². The van der Waals surface area contributed by atoms with Gasteiger partial charge < -0.3 is 53.7 Å². The van der Waals surface area contributed by atoms with Gasteiger partial charge in [0, 0.05) is 24.4 Å². The SMILES string of the molecule is CC[C@H]1OC(=O)[C@H](C)[C@@H](O[C@H]2C[C@H](C)[C@@H](O)[C@H](C)O2)[C@H](C)[C@@H](O[C@@H]2O[C@H](C)C[C@H](N(C)C)[C@H]2O)C(C)(O)C[C@@H](C)C2N[C@H](C)[C@@H](O2)[C@]1(C)O. The van der Waals surface area contributed by atoms with E-state index in [4.69, 9.17) is 28.4 Å². The molecule has 0 saturated carbocycles. The van der Waals surface area contributed by atoms with Gasteiger partial charge >= 0.3 is 5.97 Å². The summed E-state index contributed by atoms with van der Waals surface area (Å²) in [5, 5.41) is 49.8. The molecule has 4 aliphatic rings. The molecule has 13 nitrogen and oxygen atoms in total. The van der Waals surface area contributed by atoms with Crippen LogP contribution in [-0.2, 0) is 33.2 Å². The Hall–Kier alpha value is -0.970. The molecule has 0 aromatic heterocycles. The van der Waals surface area contributed by atoms with Gasteiger partial charge in [-0.3, -0.25) is 10.1 Å². The van der Waals surface area contributed by atoms with Gasteiger partial charge in [0.25, 0.3) is 0 Å². The molecule has 13 heteroatoms. The fourth-order valence-corrected chi connectivity index (χ4v) is 8.71. The molecule has 0 radical (unpaired) electrons.